The van der Waals surface area contributed by atoms with Gasteiger partial charge in [0.05, 0.1) is 27.3 Å². The van der Waals surface area contributed by atoms with Crippen molar-refractivity contribution in [3.8, 4) is 0 Å². The van der Waals surface area contributed by atoms with Gasteiger partial charge in [-0.2, -0.15) is 0 Å². The first-order valence-corrected chi connectivity index (χ1v) is 10.1. The second kappa shape index (κ2) is 7.03. The summed E-state index contributed by atoms with van der Waals surface area (Å²) >= 11 is 4.63. The molecule has 2 heterocycles. The number of halogens is 1. The van der Waals surface area contributed by atoms with E-state index in [4.69, 9.17) is 0 Å². The van der Waals surface area contributed by atoms with Crippen LogP contribution in [0.25, 0.3) is 0 Å². The summed E-state index contributed by atoms with van der Waals surface area (Å²) in [6.45, 7) is 0.345. The van der Waals surface area contributed by atoms with E-state index >= 15 is 0 Å². The average Bonchev–Trinajstić information content (AvgIpc) is 3.20. The number of hydrogen-bond acceptors (Lipinski definition) is 4. The Balaban J connectivity index is 1.68. The van der Waals surface area contributed by atoms with E-state index in [0.29, 0.717) is 22.7 Å². The molecule has 0 saturated heterocycles. The number of ketones is 1. The van der Waals surface area contributed by atoms with Gasteiger partial charge in [0.15, 0.2) is 11.4 Å². The maximum atomic E-state index is 13.2. The zero-order valence-corrected chi connectivity index (χ0v) is 16.7. The lowest BCUT2D eigenvalue weighted by molar-refractivity contribution is -0.136. The lowest BCUT2D eigenvalue weighted by Gasteiger charge is -2.22. The van der Waals surface area contributed by atoms with Crippen molar-refractivity contribution in [1.29, 1.82) is 0 Å². The van der Waals surface area contributed by atoms with E-state index in [-0.39, 0.29) is 12.2 Å². The number of thiophene rings is 1. The number of aliphatic hydroxyl groups is 1. The SMILES string of the molecule is O=C(CC1(O)C(=O)N(Cc2ccccc2)c2ccccc21)c1ccc(Br)s1. The molecule has 6 heteroatoms. The second-order valence-electron chi connectivity index (χ2n) is 6.46. The van der Waals surface area contributed by atoms with Gasteiger partial charge in [-0.1, -0.05) is 48.5 Å². The molecule has 1 aliphatic heterocycles. The van der Waals surface area contributed by atoms with E-state index in [1.54, 1.807) is 35.2 Å². The quantitative estimate of drug-likeness (QED) is 0.592. The third kappa shape index (κ3) is 3.25. The van der Waals surface area contributed by atoms with Crippen molar-refractivity contribution in [2.75, 3.05) is 4.90 Å². The number of hydrogen-bond donors (Lipinski definition) is 1. The third-order valence-corrected chi connectivity index (χ3v) is 6.35. The number of anilines is 1. The summed E-state index contributed by atoms with van der Waals surface area (Å²) in [5.41, 5.74) is 0.237. The number of fused-ring (bicyclic) bond motifs is 1. The smallest absolute Gasteiger partial charge is 0.264 e. The third-order valence-electron chi connectivity index (χ3n) is 4.69. The predicted octanol–water partition coefficient (Wildman–Crippen LogP) is 4.52. The van der Waals surface area contributed by atoms with Gasteiger partial charge >= 0.3 is 0 Å². The van der Waals surface area contributed by atoms with Crippen LogP contribution in [-0.2, 0) is 16.9 Å². The van der Waals surface area contributed by atoms with Crippen LogP contribution < -0.4 is 4.90 Å². The van der Waals surface area contributed by atoms with Gasteiger partial charge in [0.25, 0.3) is 5.91 Å². The van der Waals surface area contributed by atoms with E-state index < -0.39 is 11.5 Å². The molecule has 0 radical (unpaired) electrons. The van der Waals surface area contributed by atoms with E-state index in [1.807, 2.05) is 36.4 Å². The molecule has 1 amide bonds. The minimum atomic E-state index is -1.85. The maximum Gasteiger partial charge on any atom is 0.264 e. The Bertz CT molecular complexity index is 1020. The Morgan fingerprint density at radius 2 is 1.74 bits per heavy atom. The fourth-order valence-corrected chi connectivity index (χ4v) is 4.71. The summed E-state index contributed by atoms with van der Waals surface area (Å²) in [5.74, 6) is -0.713. The summed E-state index contributed by atoms with van der Waals surface area (Å²) in [6.07, 6.45) is -0.277. The summed E-state index contributed by atoms with van der Waals surface area (Å²) in [5, 5.41) is 11.3. The van der Waals surface area contributed by atoms with Crippen molar-refractivity contribution in [3.63, 3.8) is 0 Å². The van der Waals surface area contributed by atoms with Gasteiger partial charge < -0.3 is 10.0 Å². The van der Waals surface area contributed by atoms with Gasteiger partial charge in [-0.3, -0.25) is 9.59 Å². The Kier molecular flexibility index (Phi) is 4.72. The van der Waals surface area contributed by atoms with Crippen LogP contribution >= 0.6 is 27.3 Å². The van der Waals surface area contributed by atoms with Crippen molar-refractivity contribution >= 4 is 44.6 Å². The van der Waals surface area contributed by atoms with Gasteiger partial charge in [0.2, 0.25) is 0 Å². The topological polar surface area (TPSA) is 57.6 Å². The molecule has 1 N–H and O–H groups in total. The van der Waals surface area contributed by atoms with Crippen LogP contribution in [0.3, 0.4) is 0 Å². The Morgan fingerprint density at radius 1 is 1.04 bits per heavy atom. The fourth-order valence-electron chi connectivity index (χ4n) is 3.38. The van der Waals surface area contributed by atoms with Crippen molar-refractivity contribution in [2.24, 2.45) is 0 Å². The van der Waals surface area contributed by atoms with E-state index in [0.717, 1.165) is 9.35 Å². The number of amides is 1. The molecule has 136 valence electrons. The van der Waals surface area contributed by atoms with Gasteiger partial charge in [0.1, 0.15) is 0 Å². The first-order chi connectivity index (χ1) is 13.0. The lowest BCUT2D eigenvalue weighted by Crippen LogP contribution is -2.41. The minimum Gasteiger partial charge on any atom is -0.375 e. The highest BCUT2D eigenvalue weighted by atomic mass is 79.9. The number of para-hydroxylation sites is 1. The van der Waals surface area contributed by atoms with Crippen molar-refractivity contribution < 1.29 is 14.7 Å². The molecule has 4 rings (SSSR count). The summed E-state index contributed by atoms with van der Waals surface area (Å²) < 4.78 is 0.835. The van der Waals surface area contributed by atoms with Crippen molar-refractivity contribution in [2.45, 2.75) is 18.6 Å². The van der Waals surface area contributed by atoms with E-state index in [1.165, 1.54) is 11.3 Å². The lowest BCUT2D eigenvalue weighted by atomic mass is 9.89. The highest BCUT2D eigenvalue weighted by Crippen LogP contribution is 2.43. The van der Waals surface area contributed by atoms with E-state index in [9.17, 15) is 14.7 Å². The molecule has 1 aromatic heterocycles. The molecule has 3 aromatic rings. The molecule has 2 aromatic carbocycles. The normalized spacial score (nSPS) is 18.6. The van der Waals surface area contributed by atoms with Gasteiger partial charge in [-0.25, -0.2) is 0 Å². The minimum absolute atomic E-state index is 0.252. The maximum absolute atomic E-state index is 13.2. The Labute approximate surface area is 169 Å². The van der Waals surface area contributed by atoms with E-state index in [2.05, 4.69) is 15.9 Å². The summed E-state index contributed by atoms with van der Waals surface area (Å²) in [6, 6.07) is 20.2. The van der Waals surface area contributed by atoms with Crippen LogP contribution in [0.15, 0.2) is 70.5 Å². The molecular weight excluding hydrogens is 426 g/mol. The van der Waals surface area contributed by atoms with Gasteiger partial charge in [-0.05, 0) is 39.7 Å². The van der Waals surface area contributed by atoms with Crippen LogP contribution in [0.5, 0.6) is 0 Å². The number of rotatable bonds is 5. The Hall–Kier alpha value is -2.28. The van der Waals surface area contributed by atoms with Crippen LogP contribution in [0.4, 0.5) is 5.69 Å². The highest BCUT2D eigenvalue weighted by molar-refractivity contribution is 9.11. The standard InChI is InChI=1S/C21H16BrNO3S/c22-19-11-10-18(27-19)17(24)12-21(26)15-8-4-5-9-16(15)23(20(21)25)13-14-6-2-1-3-7-14/h1-11,26H,12-13H2. The molecule has 27 heavy (non-hydrogen) atoms. The van der Waals surface area contributed by atoms with Gasteiger partial charge in [-0.15, -0.1) is 11.3 Å². The molecule has 1 aliphatic rings. The van der Waals surface area contributed by atoms with Crippen molar-refractivity contribution in [3.05, 3.63) is 86.5 Å². The first-order valence-electron chi connectivity index (χ1n) is 8.45. The molecule has 0 spiro atoms. The average molecular weight is 442 g/mol. The molecule has 0 aliphatic carbocycles. The van der Waals surface area contributed by atoms with Crippen LogP contribution in [0.2, 0.25) is 0 Å². The molecule has 0 saturated carbocycles. The van der Waals surface area contributed by atoms with Gasteiger partial charge in [0, 0.05) is 5.56 Å². The first kappa shape index (κ1) is 18.1. The summed E-state index contributed by atoms with van der Waals surface area (Å²) in [4.78, 5) is 28.0. The Morgan fingerprint density at radius 3 is 2.44 bits per heavy atom. The highest BCUT2D eigenvalue weighted by Gasteiger charge is 2.50. The number of nitrogens with zero attached hydrogens (tertiary/aromatic N) is 1. The molecule has 1 atom stereocenters. The fraction of sp³-hybridized carbons (Fsp3) is 0.143. The van der Waals surface area contributed by atoms with Crippen LogP contribution in [-0.4, -0.2) is 16.8 Å². The van der Waals surface area contributed by atoms with Crippen molar-refractivity contribution in [1.82, 2.24) is 0 Å². The molecular formula is C21H16BrNO3S. The zero-order valence-electron chi connectivity index (χ0n) is 14.3. The molecule has 0 bridgehead atoms. The monoisotopic (exact) mass is 441 g/mol. The number of Topliss-reactive ketones (excluding diaryl/α,β-unsaturated/α-hetero) is 1. The number of carbonyl (C=O) groups is 2. The second-order valence-corrected chi connectivity index (χ2v) is 8.92. The van der Waals surface area contributed by atoms with Crippen LogP contribution in [0, 0.1) is 0 Å². The number of benzene rings is 2. The predicted molar refractivity (Wildman–Crippen MR) is 109 cm³/mol. The zero-order chi connectivity index (χ0) is 19.0. The molecule has 4 nitrogen and oxygen atoms in total. The summed E-state index contributed by atoms with van der Waals surface area (Å²) in [7, 11) is 0. The van der Waals surface area contributed by atoms with Crippen LogP contribution in [0.1, 0.15) is 27.2 Å². The molecule has 1 unspecified atom stereocenters. The number of carbonyl (C=O) groups excluding carboxylic acids is 2. The largest absolute Gasteiger partial charge is 0.375 e. The molecule has 0 fully saturated rings.